The van der Waals surface area contributed by atoms with Gasteiger partial charge in [0, 0.05) is 18.5 Å². The SMILES string of the molecule is CC(CN)(CCN=CCCCC1CCC1)c1ccccc1. The fourth-order valence-corrected chi connectivity index (χ4v) is 2.98. The molecule has 0 bridgehead atoms. The summed E-state index contributed by atoms with van der Waals surface area (Å²) in [5.74, 6) is 1.03. The number of hydrogen-bond donors (Lipinski definition) is 1. The molecule has 0 saturated heterocycles. The fraction of sp³-hybridized carbons (Fsp3) is 0.632. The quantitative estimate of drug-likeness (QED) is 0.532. The predicted molar refractivity (Wildman–Crippen MR) is 92.0 cm³/mol. The molecule has 1 saturated carbocycles. The molecule has 2 rings (SSSR count). The van der Waals surface area contributed by atoms with E-state index in [0.717, 1.165) is 25.3 Å². The van der Waals surface area contributed by atoms with E-state index in [1.807, 2.05) is 0 Å². The molecule has 1 aliphatic rings. The van der Waals surface area contributed by atoms with E-state index in [0.29, 0.717) is 6.54 Å². The Bertz CT molecular complexity index is 422. The molecule has 2 N–H and O–H groups in total. The van der Waals surface area contributed by atoms with E-state index < -0.39 is 0 Å². The molecule has 0 amide bonds. The fourth-order valence-electron chi connectivity index (χ4n) is 2.98. The molecule has 2 nitrogen and oxygen atoms in total. The molecule has 0 radical (unpaired) electrons. The smallest absolute Gasteiger partial charge is 0.0394 e. The lowest BCUT2D eigenvalue weighted by atomic mass is 9.79. The molecule has 1 aromatic carbocycles. The molecule has 1 unspecified atom stereocenters. The first kappa shape index (κ1) is 16.2. The second-order valence-electron chi connectivity index (χ2n) is 6.70. The Morgan fingerprint density at radius 2 is 2.05 bits per heavy atom. The van der Waals surface area contributed by atoms with Crippen LogP contribution in [0.4, 0.5) is 0 Å². The molecule has 0 spiro atoms. The van der Waals surface area contributed by atoms with Crippen molar-refractivity contribution in [2.24, 2.45) is 16.6 Å². The van der Waals surface area contributed by atoms with Crippen molar-refractivity contribution < 1.29 is 0 Å². The zero-order valence-corrected chi connectivity index (χ0v) is 13.4. The van der Waals surface area contributed by atoms with Crippen LogP contribution < -0.4 is 5.73 Å². The molecule has 2 heteroatoms. The van der Waals surface area contributed by atoms with Crippen molar-refractivity contribution in [2.45, 2.75) is 57.3 Å². The van der Waals surface area contributed by atoms with Gasteiger partial charge in [0.05, 0.1) is 0 Å². The number of unbranched alkanes of at least 4 members (excludes halogenated alkanes) is 1. The minimum atomic E-state index is 0.0462. The van der Waals surface area contributed by atoms with Crippen LogP contribution in [0.3, 0.4) is 0 Å². The Labute approximate surface area is 129 Å². The van der Waals surface area contributed by atoms with Gasteiger partial charge in [-0.05, 0) is 37.0 Å². The van der Waals surface area contributed by atoms with Gasteiger partial charge >= 0.3 is 0 Å². The molecule has 1 aromatic rings. The molecule has 21 heavy (non-hydrogen) atoms. The van der Waals surface area contributed by atoms with E-state index in [1.54, 1.807) is 0 Å². The van der Waals surface area contributed by atoms with Crippen molar-refractivity contribution >= 4 is 6.21 Å². The van der Waals surface area contributed by atoms with Crippen LogP contribution >= 0.6 is 0 Å². The number of hydrogen-bond acceptors (Lipinski definition) is 2. The van der Waals surface area contributed by atoms with Crippen molar-refractivity contribution in [2.75, 3.05) is 13.1 Å². The lowest BCUT2D eigenvalue weighted by molar-refractivity contribution is 0.292. The standard InChI is InChI=1S/C19H30N2/c1-19(16-20,18-11-3-2-4-12-18)13-15-21-14-6-5-8-17-9-7-10-17/h2-4,11-12,14,17H,5-10,13,15-16,20H2,1H3. The van der Waals surface area contributed by atoms with Gasteiger partial charge in [0.25, 0.3) is 0 Å². The van der Waals surface area contributed by atoms with Gasteiger partial charge in [0.15, 0.2) is 0 Å². The van der Waals surface area contributed by atoms with Crippen molar-refractivity contribution in [3.05, 3.63) is 35.9 Å². The highest BCUT2D eigenvalue weighted by molar-refractivity contribution is 5.56. The van der Waals surface area contributed by atoms with Crippen LogP contribution in [0.15, 0.2) is 35.3 Å². The van der Waals surface area contributed by atoms with Gasteiger partial charge < -0.3 is 5.73 Å². The third-order valence-electron chi connectivity index (χ3n) is 5.01. The van der Waals surface area contributed by atoms with Crippen LogP contribution in [-0.4, -0.2) is 19.3 Å². The lowest BCUT2D eigenvalue weighted by Crippen LogP contribution is -2.32. The Kier molecular flexibility index (Phi) is 6.44. The summed E-state index contributed by atoms with van der Waals surface area (Å²) < 4.78 is 0. The number of rotatable bonds is 9. The molecule has 0 aromatic heterocycles. The van der Waals surface area contributed by atoms with Gasteiger partial charge in [-0.1, -0.05) is 62.9 Å². The first-order chi connectivity index (χ1) is 10.2. The van der Waals surface area contributed by atoms with E-state index in [4.69, 9.17) is 5.73 Å². The molecule has 1 fully saturated rings. The van der Waals surface area contributed by atoms with Crippen LogP contribution in [0.1, 0.15) is 57.4 Å². The Balaban J connectivity index is 1.67. The average molecular weight is 286 g/mol. The van der Waals surface area contributed by atoms with Gasteiger partial charge in [-0.2, -0.15) is 0 Å². The number of aliphatic imine (C=N–C) groups is 1. The van der Waals surface area contributed by atoms with Crippen molar-refractivity contribution in [3.8, 4) is 0 Å². The third kappa shape index (κ3) is 4.96. The minimum Gasteiger partial charge on any atom is -0.330 e. The normalized spacial score (nSPS) is 18.6. The number of nitrogens with two attached hydrogens (primary N) is 1. The summed E-state index contributed by atoms with van der Waals surface area (Å²) in [6, 6.07) is 10.6. The minimum absolute atomic E-state index is 0.0462. The van der Waals surface area contributed by atoms with Gasteiger partial charge in [0.2, 0.25) is 0 Å². The van der Waals surface area contributed by atoms with E-state index in [9.17, 15) is 0 Å². The first-order valence-corrected chi connectivity index (χ1v) is 8.48. The molecule has 0 aliphatic heterocycles. The summed E-state index contributed by atoms with van der Waals surface area (Å²) in [4.78, 5) is 4.59. The lowest BCUT2D eigenvalue weighted by Gasteiger charge is -2.28. The maximum atomic E-state index is 6.00. The largest absolute Gasteiger partial charge is 0.330 e. The topological polar surface area (TPSA) is 38.4 Å². The highest BCUT2D eigenvalue weighted by atomic mass is 14.7. The van der Waals surface area contributed by atoms with Crippen molar-refractivity contribution in [1.82, 2.24) is 0 Å². The average Bonchev–Trinajstić information content (AvgIpc) is 2.48. The van der Waals surface area contributed by atoms with Crippen LogP contribution in [0.2, 0.25) is 0 Å². The number of nitrogens with zero attached hydrogens (tertiary/aromatic N) is 1. The molecular formula is C19H30N2. The molecule has 116 valence electrons. The van der Waals surface area contributed by atoms with E-state index >= 15 is 0 Å². The number of benzene rings is 1. The predicted octanol–water partition coefficient (Wildman–Crippen LogP) is 4.33. The molecule has 0 heterocycles. The summed E-state index contributed by atoms with van der Waals surface area (Å²) >= 11 is 0. The maximum Gasteiger partial charge on any atom is 0.0394 e. The Morgan fingerprint density at radius 3 is 2.67 bits per heavy atom. The zero-order valence-electron chi connectivity index (χ0n) is 13.4. The third-order valence-corrected chi connectivity index (χ3v) is 5.01. The summed E-state index contributed by atoms with van der Waals surface area (Å²) in [6.07, 6.45) is 11.4. The maximum absolute atomic E-state index is 6.00. The summed E-state index contributed by atoms with van der Waals surface area (Å²) in [6.45, 7) is 3.80. The van der Waals surface area contributed by atoms with Crippen LogP contribution in [-0.2, 0) is 5.41 Å². The zero-order chi connectivity index (χ0) is 15.0. The summed E-state index contributed by atoms with van der Waals surface area (Å²) in [7, 11) is 0. The molecule has 1 aliphatic carbocycles. The molecular weight excluding hydrogens is 256 g/mol. The Hall–Kier alpha value is -1.15. The van der Waals surface area contributed by atoms with E-state index in [2.05, 4.69) is 48.5 Å². The first-order valence-electron chi connectivity index (χ1n) is 8.48. The second kappa shape index (κ2) is 8.33. The highest BCUT2D eigenvalue weighted by Gasteiger charge is 2.23. The van der Waals surface area contributed by atoms with Gasteiger partial charge in [-0.15, -0.1) is 0 Å². The molecule has 1 atom stereocenters. The monoisotopic (exact) mass is 286 g/mol. The van der Waals surface area contributed by atoms with E-state index in [-0.39, 0.29) is 5.41 Å². The van der Waals surface area contributed by atoms with Gasteiger partial charge in [0.1, 0.15) is 0 Å². The van der Waals surface area contributed by atoms with E-state index in [1.165, 1.54) is 37.7 Å². The summed E-state index contributed by atoms with van der Waals surface area (Å²) in [5, 5.41) is 0. The van der Waals surface area contributed by atoms with Gasteiger partial charge in [-0.3, -0.25) is 4.99 Å². The summed E-state index contributed by atoms with van der Waals surface area (Å²) in [5.41, 5.74) is 7.38. The van der Waals surface area contributed by atoms with Crippen LogP contribution in [0.5, 0.6) is 0 Å². The van der Waals surface area contributed by atoms with Crippen LogP contribution in [0, 0.1) is 5.92 Å². The second-order valence-corrected chi connectivity index (χ2v) is 6.70. The van der Waals surface area contributed by atoms with Crippen LogP contribution in [0.25, 0.3) is 0 Å². The van der Waals surface area contributed by atoms with Crippen molar-refractivity contribution in [1.29, 1.82) is 0 Å². The highest BCUT2D eigenvalue weighted by Crippen LogP contribution is 2.30. The Morgan fingerprint density at radius 1 is 1.29 bits per heavy atom. The van der Waals surface area contributed by atoms with Gasteiger partial charge in [-0.25, -0.2) is 0 Å². The van der Waals surface area contributed by atoms with Crippen molar-refractivity contribution in [3.63, 3.8) is 0 Å².